The predicted molar refractivity (Wildman–Crippen MR) is 93.8 cm³/mol. The van der Waals surface area contributed by atoms with Crippen molar-refractivity contribution in [2.24, 2.45) is 5.92 Å². The van der Waals surface area contributed by atoms with Gasteiger partial charge in [-0.05, 0) is 31.7 Å². The summed E-state index contributed by atoms with van der Waals surface area (Å²) in [5.74, 6) is 0.734. The summed E-state index contributed by atoms with van der Waals surface area (Å²) in [4.78, 5) is 19.4. The van der Waals surface area contributed by atoms with E-state index in [1.807, 2.05) is 17.8 Å². The number of pyridine rings is 1. The summed E-state index contributed by atoms with van der Waals surface area (Å²) < 4.78 is 1.89. The van der Waals surface area contributed by atoms with E-state index >= 15 is 0 Å². The minimum Gasteiger partial charge on any atom is -0.341 e. The third kappa shape index (κ3) is 3.54. The SMILES string of the molecule is CC(C)CN(C)C(=O)c1cc(C(C)C)nc2c1cnn2C(C)C. The Morgan fingerprint density at radius 1 is 1.22 bits per heavy atom. The monoisotopic (exact) mass is 316 g/mol. The highest BCUT2D eigenvalue weighted by Crippen LogP contribution is 2.25. The zero-order chi connectivity index (χ0) is 17.3. The lowest BCUT2D eigenvalue weighted by Crippen LogP contribution is -2.30. The van der Waals surface area contributed by atoms with Crippen molar-refractivity contribution < 1.29 is 4.79 Å². The van der Waals surface area contributed by atoms with Gasteiger partial charge in [0.25, 0.3) is 5.91 Å². The van der Waals surface area contributed by atoms with Crippen LogP contribution in [0, 0.1) is 5.92 Å². The maximum atomic E-state index is 12.9. The molecular weight excluding hydrogens is 288 g/mol. The molecule has 5 heteroatoms. The highest BCUT2D eigenvalue weighted by molar-refractivity contribution is 6.05. The Morgan fingerprint density at radius 2 is 1.87 bits per heavy atom. The molecule has 0 atom stereocenters. The molecule has 1 amide bonds. The predicted octanol–water partition coefficient (Wildman–Crippen LogP) is 3.86. The number of carbonyl (C=O) groups is 1. The Morgan fingerprint density at radius 3 is 2.39 bits per heavy atom. The molecule has 0 aliphatic heterocycles. The van der Waals surface area contributed by atoms with E-state index < -0.39 is 0 Å². The van der Waals surface area contributed by atoms with Gasteiger partial charge in [0.15, 0.2) is 5.65 Å². The molecule has 0 bridgehead atoms. The zero-order valence-corrected chi connectivity index (χ0v) is 15.3. The number of amides is 1. The number of hydrogen-bond acceptors (Lipinski definition) is 3. The standard InChI is InChI=1S/C18H28N4O/c1-11(2)10-21(7)18(23)14-8-16(12(3)4)20-17-15(14)9-19-22(17)13(5)6/h8-9,11-13H,10H2,1-7H3. The van der Waals surface area contributed by atoms with Gasteiger partial charge in [-0.15, -0.1) is 0 Å². The fraction of sp³-hybridized carbons (Fsp3) is 0.611. The van der Waals surface area contributed by atoms with Crippen LogP contribution in [0.2, 0.25) is 0 Å². The van der Waals surface area contributed by atoms with E-state index in [2.05, 4.69) is 46.6 Å². The molecule has 126 valence electrons. The van der Waals surface area contributed by atoms with E-state index in [0.29, 0.717) is 11.5 Å². The summed E-state index contributed by atoms with van der Waals surface area (Å²) in [6.07, 6.45) is 1.77. The van der Waals surface area contributed by atoms with Gasteiger partial charge in [-0.1, -0.05) is 27.7 Å². The van der Waals surface area contributed by atoms with Crippen LogP contribution >= 0.6 is 0 Å². The van der Waals surface area contributed by atoms with Gasteiger partial charge < -0.3 is 4.90 Å². The van der Waals surface area contributed by atoms with Crippen LogP contribution in [0.4, 0.5) is 0 Å². The Hall–Kier alpha value is -1.91. The van der Waals surface area contributed by atoms with Crippen LogP contribution in [-0.2, 0) is 0 Å². The van der Waals surface area contributed by atoms with Crippen molar-refractivity contribution in [2.45, 2.75) is 53.5 Å². The number of carbonyl (C=O) groups excluding carboxylic acids is 1. The van der Waals surface area contributed by atoms with Crippen LogP contribution in [-0.4, -0.2) is 39.2 Å². The molecule has 0 aliphatic rings. The third-order valence-electron chi connectivity index (χ3n) is 3.88. The minimum atomic E-state index is 0.0382. The average molecular weight is 316 g/mol. The average Bonchev–Trinajstić information content (AvgIpc) is 2.88. The van der Waals surface area contributed by atoms with E-state index in [4.69, 9.17) is 4.98 Å². The zero-order valence-electron chi connectivity index (χ0n) is 15.3. The number of rotatable bonds is 5. The summed E-state index contributed by atoms with van der Waals surface area (Å²) in [6, 6.07) is 2.14. The molecule has 0 aliphatic carbocycles. The molecule has 0 saturated heterocycles. The molecule has 0 aromatic carbocycles. The molecule has 2 heterocycles. The fourth-order valence-electron chi connectivity index (χ4n) is 2.72. The maximum absolute atomic E-state index is 12.9. The lowest BCUT2D eigenvalue weighted by molar-refractivity contribution is 0.0781. The molecule has 0 unspecified atom stereocenters. The van der Waals surface area contributed by atoms with E-state index in [0.717, 1.165) is 23.3 Å². The summed E-state index contributed by atoms with van der Waals surface area (Å²) >= 11 is 0. The van der Waals surface area contributed by atoms with Crippen molar-refractivity contribution in [3.63, 3.8) is 0 Å². The molecule has 2 aromatic heterocycles. The summed E-state index contributed by atoms with van der Waals surface area (Å²) in [5, 5.41) is 5.28. The van der Waals surface area contributed by atoms with Crippen LogP contribution in [0.1, 0.15) is 69.6 Å². The minimum absolute atomic E-state index is 0.0382. The van der Waals surface area contributed by atoms with E-state index in [1.165, 1.54) is 0 Å². The van der Waals surface area contributed by atoms with Gasteiger partial charge in [0.2, 0.25) is 0 Å². The van der Waals surface area contributed by atoms with Crippen molar-refractivity contribution in [2.75, 3.05) is 13.6 Å². The van der Waals surface area contributed by atoms with Gasteiger partial charge in [-0.25, -0.2) is 9.67 Å². The Bertz CT molecular complexity index is 700. The molecule has 0 radical (unpaired) electrons. The van der Waals surface area contributed by atoms with Gasteiger partial charge in [-0.2, -0.15) is 5.10 Å². The molecular formula is C18H28N4O. The highest BCUT2D eigenvalue weighted by atomic mass is 16.2. The molecule has 5 nitrogen and oxygen atoms in total. The number of nitrogens with zero attached hydrogens (tertiary/aromatic N) is 4. The molecule has 2 rings (SSSR count). The molecule has 0 spiro atoms. The molecule has 23 heavy (non-hydrogen) atoms. The molecule has 2 aromatic rings. The van der Waals surface area contributed by atoms with Crippen LogP contribution in [0.15, 0.2) is 12.3 Å². The molecule has 0 fully saturated rings. The van der Waals surface area contributed by atoms with Gasteiger partial charge in [-0.3, -0.25) is 4.79 Å². The van der Waals surface area contributed by atoms with Crippen LogP contribution in [0.3, 0.4) is 0 Å². The van der Waals surface area contributed by atoms with Crippen molar-refractivity contribution in [1.82, 2.24) is 19.7 Å². The lowest BCUT2D eigenvalue weighted by atomic mass is 10.0. The van der Waals surface area contributed by atoms with Crippen LogP contribution in [0.25, 0.3) is 11.0 Å². The second-order valence-electron chi connectivity index (χ2n) is 7.25. The number of hydrogen-bond donors (Lipinski definition) is 0. The first-order chi connectivity index (χ1) is 10.7. The first-order valence-electron chi connectivity index (χ1n) is 8.36. The maximum Gasteiger partial charge on any atom is 0.254 e. The van der Waals surface area contributed by atoms with Crippen molar-refractivity contribution >= 4 is 16.9 Å². The third-order valence-corrected chi connectivity index (χ3v) is 3.88. The number of fused-ring (bicyclic) bond motifs is 1. The van der Waals surface area contributed by atoms with E-state index in [9.17, 15) is 4.79 Å². The number of aromatic nitrogens is 3. The van der Waals surface area contributed by atoms with Gasteiger partial charge in [0.05, 0.1) is 17.1 Å². The van der Waals surface area contributed by atoms with Gasteiger partial charge >= 0.3 is 0 Å². The van der Waals surface area contributed by atoms with Crippen molar-refractivity contribution in [1.29, 1.82) is 0 Å². The first kappa shape index (κ1) is 17.4. The summed E-state index contributed by atoms with van der Waals surface area (Å²) in [7, 11) is 1.86. The molecule has 0 N–H and O–H groups in total. The first-order valence-corrected chi connectivity index (χ1v) is 8.36. The van der Waals surface area contributed by atoms with Crippen LogP contribution in [0.5, 0.6) is 0 Å². The van der Waals surface area contributed by atoms with Crippen molar-refractivity contribution in [3.05, 3.63) is 23.5 Å². The smallest absolute Gasteiger partial charge is 0.254 e. The van der Waals surface area contributed by atoms with E-state index in [-0.39, 0.29) is 17.9 Å². The second-order valence-corrected chi connectivity index (χ2v) is 7.25. The van der Waals surface area contributed by atoms with Gasteiger partial charge in [0.1, 0.15) is 0 Å². The Kier molecular flexibility index (Phi) is 5.07. The van der Waals surface area contributed by atoms with Crippen LogP contribution < -0.4 is 0 Å². The summed E-state index contributed by atoms with van der Waals surface area (Å²) in [5.41, 5.74) is 2.43. The van der Waals surface area contributed by atoms with E-state index in [1.54, 1.807) is 11.1 Å². The molecule has 0 saturated carbocycles. The topological polar surface area (TPSA) is 51.0 Å². The normalized spacial score (nSPS) is 11.9. The lowest BCUT2D eigenvalue weighted by Gasteiger charge is -2.20. The fourth-order valence-corrected chi connectivity index (χ4v) is 2.72. The summed E-state index contributed by atoms with van der Waals surface area (Å²) in [6.45, 7) is 13.3. The Labute approximate surface area is 138 Å². The largest absolute Gasteiger partial charge is 0.341 e. The van der Waals surface area contributed by atoms with Crippen molar-refractivity contribution in [3.8, 4) is 0 Å². The Balaban J connectivity index is 2.60. The quantitative estimate of drug-likeness (QED) is 0.841. The highest BCUT2D eigenvalue weighted by Gasteiger charge is 2.21. The van der Waals surface area contributed by atoms with Gasteiger partial charge in [0, 0.05) is 25.3 Å². The second kappa shape index (κ2) is 6.69.